The second kappa shape index (κ2) is 14.3. The Balaban J connectivity index is 0.000000151. The average Bonchev–Trinajstić information content (AvgIpc) is 3.11. The number of nitrogens with zero attached hydrogens (tertiary/aromatic N) is 1. The van der Waals surface area contributed by atoms with Crippen LogP contribution in [0.5, 0.6) is 0 Å². The molecule has 8 saturated carbocycles. The van der Waals surface area contributed by atoms with Crippen molar-refractivity contribution < 1.29 is 30.0 Å². The van der Waals surface area contributed by atoms with Gasteiger partial charge in [-0.05, 0) is 135 Å². The van der Waals surface area contributed by atoms with Gasteiger partial charge in [-0.1, -0.05) is 87.2 Å². The molecule has 0 spiro atoms. The SMILES string of the molecule is Cc1c[c-]c(-c2ccc3c(-c4ccccc4)c([Si](C)(C)C)ccc3n2)cc1C.O=C(/C=C(\O)C12CC3CC(CC(C3)C1)C2)C12CC3CC(CC(C3)C1)C2.[Ir]. The van der Waals surface area contributed by atoms with E-state index in [2.05, 4.69) is 106 Å². The number of aromatic nitrogens is 1. The van der Waals surface area contributed by atoms with E-state index in [1.54, 1.807) is 6.08 Å². The summed E-state index contributed by atoms with van der Waals surface area (Å²) in [7, 11) is -1.50. The van der Waals surface area contributed by atoms with E-state index < -0.39 is 8.07 Å². The number of aliphatic hydroxyl groups is 1. The van der Waals surface area contributed by atoms with Gasteiger partial charge in [-0.25, -0.2) is 0 Å². The van der Waals surface area contributed by atoms with E-state index in [0.29, 0.717) is 11.5 Å². The molecule has 0 amide bonds. The first-order valence-electron chi connectivity index (χ1n) is 20.8. The summed E-state index contributed by atoms with van der Waals surface area (Å²) in [4.78, 5) is 18.4. The summed E-state index contributed by atoms with van der Waals surface area (Å²) in [6.45, 7) is 11.5. The molecule has 1 N–H and O–H groups in total. The second-order valence-corrected chi connectivity index (χ2v) is 24.9. The zero-order valence-corrected chi connectivity index (χ0v) is 36.4. The van der Waals surface area contributed by atoms with Crippen molar-refractivity contribution >= 4 is 29.9 Å². The first kappa shape index (κ1) is 38.0. The van der Waals surface area contributed by atoms with Crippen LogP contribution < -0.4 is 5.19 Å². The number of carbonyl (C=O) groups is 1. The number of aryl methyl sites for hydroxylation is 2. The van der Waals surface area contributed by atoms with Gasteiger partial charge in [0.15, 0.2) is 5.78 Å². The van der Waals surface area contributed by atoms with Gasteiger partial charge in [-0.2, -0.15) is 0 Å². The molecule has 3 aromatic carbocycles. The predicted octanol–water partition coefficient (Wildman–Crippen LogP) is 12.0. The van der Waals surface area contributed by atoms with Crippen LogP contribution >= 0.6 is 0 Å². The number of hydrogen-bond donors (Lipinski definition) is 1. The summed E-state index contributed by atoms with van der Waals surface area (Å²) in [6, 6.07) is 27.2. The van der Waals surface area contributed by atoms with Crippen LogP contribution in [0.3, 0.4) is 0 Å². The van der Waals surface area contributed by atoms with Gasteiger partial charge in [-0.15, -0.1) is 34.9 Å². The topological polar surface area (TPSA) is 50.2 Å². The molecule has 1 radical (unpaired) electrons. The van der Waals surface area contributed by atoms with Crippen molar-refractivity contribution in [1.29, 1.82) is 0 Å². The fraction of sp³-hybridized carbons (Fsp3) is 0.510. The van der Waals surface area contributed by atoms with Gasteiger partial charge in [-0.3, -0.25) is 9.78 Å². The van der Waals surface area contributed by atoms with E-state index in [1.807, 2.05) is 0 Å². The molecule has 1 aromatic heterocycles. The first-order chi connectivity index (χ1) is 25.4. The minimum absolute atomic E-state index is 0. The molecule has 0 aliphatic heterocycles. The van der Waals surface area contributed by atoms with Crippen LogP contribution in [0.1, 0.15) is 88.2 Å². The smallest absolute Gasteiger partial charge is 0.165 e. The molecule has 4 aromatic rings. The molecule has 3 nitrogen and oxygen atoms in total. The van der Waals surface area contributed by atoms with Crippen molar-refractivity contribution in [1.82, 2.24) is 4.98 Å². The van der Waals surface area contributed by atoms with Crippen molar-refractivity contribution in [3.63, 3.8) is 0 Å². The summed E-state index contributed by atoms with van der Waals surface area (Å²) in [5, 5.41) is 13.8. The van der Waals surface area contributed by atoms with Gasteiger partial charge in [0.05, 0.1) is 13.6 Å². The average molecular weight is 913 g/mol. The number of aliphatic hydroxyl groups excluding tert-OH is 1. The standard InChI is InChI=1S/C26H26NSi.C23H32O2.Ir/c1-18-11-12-21(17-19(18)2)23-14-13-22-24(27-23)15-16-25(28(3,4)5)26(22)20-9-7-6-8-10-20;24-20(22-8-14-1-15(9-22)3-16(2-14)10-22)7-21(25)23-11-17-4-18(12-23)6-19(5-17)13-23;/h6-11,13-17H,1-5H3;7,14-19,24H,1-6,8-13H2;/q-1;;/b;20-7-;. The Kier molecular flexibility index (Phi) is 10.0. The Bertz CT molecular complexity index is 2020. The van der Waals surface area contributed by atoms with E-state index in [9.17, 15) is 9.90 Å². The third kappa shape index (κ3) is 6.94. The number of rotatable bonds is 6. The zero-order chi connectivity index (χ0) is 36.7. The van der Waals surface area contributed by atoms with E-state index in [-0.39, 0.29) is 30.9 Å². The summed E-state index contributed by atoms with van der Waals surface area (Å²) in [6.07, 6.45) is 16.8. The Morgan fingerprint density at radius 2 is 1.28 bits per heavy atom. The van der Waals surface area contributed by atoms with E-state index in [4.69, 9.17) is 4.98 Å². The molecule has 285 valence electrons. The Labute approximate surface area is 338 Å². The Morgan fingerprint density at radius 3 is 1.80 bits per heavy atom. The van der Waals surface area contributed by atoms with E-state index in [1.165, 1.54) is 71.4 Å². The number of hydrogen-bond acceptors (Lipinski definition) is 3. The van der Waals surface area contributed by atoms with Gasteiger partial charge in [0.25, 0.3) is 0 Å². The van der Waals surface area contributed by atoms with Crippen molar-refractivity contribution in [3.8, 4) is 22.4 Å². The van der Waals surface area contributed by atoms with E-state index in [0.717, 1.165) is 90.8 Å². The molecule has 8 aliphatic rings. The minimum atomic E-state index is -1.50. The molecule has 54 heavy (non-hydrogen) atoms. The maximum Gasteiger partial charge on any atom is 0.165 e. The monoisotopic (exact) mass is 913 g/mol. The molecule has 8 bridgehead atoms. The normalized spacial score (nSPS) is 31.9. The molecule has 1 heterocycles. The molecule has 0 atom stereocenters. The molecule has 5 heteroatoms. The predicted molar refractivity (Wildman–Crippen MR) is 221 cm³/mol. The molecular formula is C49H58IrNO2Si-. The first-order valence-corrected chi connectivity index (χ1v) is 24.3. The van der Waals surface area contributed by atoms with Crippen LogP contribution in [-0.2, 0) is 24.9 Å². The van der Waals surface area contributed by atoms with Gasteiger partial charge < -0.3 is 5.11 Å². The van der Waals surface area contributed by atoms with Crippen molar-refractivity contribution in [3.05, 3.63) is 95.8 Å². The Morgan fingerprint density at radius 1 is 0.741 bits per heavy atom. The van der Waals surface area contributed by atoms with Crippen LogP contribution in [0.15, 0.2) is 78.6 Å². The van der Waals surface area contributed by atoms with Crippen LogP contribution in [0.2, 0.25) is 19.6 Å². The van der Waals surface area contributed by atoms with Crippen LogP contribution in [0.4, 0.5) is 0 Å². The summed E-state index contributed by atoms with van der Waals surface area (Å²) >= 11 is 0. The number of carbonyl (C=O) groups excluding carboxylic acids is 1. The molecule has 0 unspecified atom stereocenters. The van der Waals surface area contributed by atoms with Gasteiger partial charge in [0.2, 0.25) is 0 Å². The summed E-state index contributed by atoms with van der Waals surface area (Å²) in [5.41, 5.74) is 8.13. The largest absolute Gasteiger partial charge is 0.512 e. The molecule has 8 fully saturated rings. The maximum absolute atomic E-state index is 13.4. The molecule has 0 saturated heterocycles. The Hall–Kier alpha value is -2.85. The van der Waals surface area contributed by atoms with Crippen molar-refractivity contribution in [2.75, 3.05) is 0 Å². The second-order valence-electron chi connectivity index (χ2n) is 19.9. The third-order valence-corrected chi connectivity index (χ3v) is 16.9. The fourth-order valence-electron chi connectivity index (χ4n) is 13.0. The minimum Gasteiger partial charge on any atom is -0.512 e. The fourth-order valence-corrected chi connectivity index (χ4v) is 14.6. The number of pyridine rings is 1. The van der Waals surface area contributed by atoms with Crippen molar-refractivity contribution in [2.24, 2.45) is 46.3 Å². The zero-order valence-electron chi connectivity index (χ0n) is 33.0. The summed E-state index contributed by atoms with van der Waals surface area (Å²) < 4.78 is 0. The number of ketones is 1. The van der Waals surface area contributed by atoms with Gasteiger partial charge >= 0.3 is 0 Å². The maximum atomic E-state index is 13.4. The van der Waals surface area contributed by atoms with Crippen LogP contribution in [0, 0.1) is 66.3 Å². The van der Waals surface area contributed by atoms with Crippen LogP contribution in [0.25, 0.3) is 33.3 Å². The molecule has 8 aliphatic carbocycles. The molecular weight excluding hydrogens is 855 g/mol. The summed E-state index contributed by atoms with van der Waals surface area (Å²) in [5.74, 6) is 5.64. The third-order valence-electron chi connectivity index (χ3n) is 14.9. The van der Waals surface area contributed by atoms with Crippen molar-refractivity contribution in [2.45, 2.75) is 111 Å². The van der Waals surface area contributed by atoms with Gasteiger partial charge in [0, 0.05) is 42.4 Å². The molecule has 12 rings (SSSR count). The number of allylic oxidation sites excluding steroid dienone is 2. The number of fused-ring (bicyclic) bond motifs is 1. The van der Waals surface area contributed by atoms with Crippen LogP contribution in [-0.4, -0.2) is 23.9 Å². The number of benzene rings is 3. The van der Waals surface area contributed by atoms with Gasteiger partial charge in [0.1, 0.15) is 5.76 Å². The van der Waals surface area contributed by atoms with E-state index >= 15 is 0 Å². The quantitative estimate of drug-likeness (QED) is 0.0907.